The summed E-state index contributed by atoms with van der Waals surface area (Å²) >= 11 is 0. The maximum absolute atomic E-state index is 11.8. The molecular formula is C24H35N5O2. The number of nitrogens with one attached hydrogen (secondary N) is 3. The zero-order valence-corrected chi connectivity index (χ0v) is 19.1. The maximum Gasteiger partial charge on any atom is 0.251 e. The minimum atomic E-state index is -0.0720. The molecule has 31 heavy (non-hydrogen) atoms. The second kappa shape index (κ2) is 13.3. The molecule has 3 N–H and O–H groups in total. The van der Waals surface area contributed by atoms with Gasteiger partial charge in [0.15, 0.2) is 5.96 Å². The Kier molecular flexibility index (Phi) is 10.4. The van der Waals surface area contributed by atoms with Crippen molar-refractivity contribution in [3.63, 3.8) is 0 Å². The Morgan fingerprint density at radius 3 is 2.52 bits per heavy atom. The zero-order valence-electron chi connectivity index (χ0n) is 19.1. The van der Waals surface area contributed by atoms with Crippen LogP contribution in [0.5, 0.6) is 5.75 Å². The van der Waals surface area contributed by atoms with Gasteiger partial charge in [0.05, 0.1) is 6.61 Å². The highest BCUT2D eigenvalue weighted by molar-refractivity contribution is 5.94. The van der Waals surface area contributed by atoms with Gasteiger partial charge in [-0.2, -0.15) is 0 Å². The van der Waals surface area contributed by atoms with E-state index in [0.717, 1.165) is 55.4 Å². The van der Waals surface area contributed by atoms with E-state index in [1.54, 1.807) is 14.1 Å². The monoisotopic (exact) mass is 425 g/mol. The molecule has 0 aromatic heterocycles. The number of aliphatic imine (C=N–C) groups is 1. The Hall–Kier alpha value is -3.06. The lowest BCUT2D eigenvalue weighted by atomic mass is 10.1. The average Bonchev–Trinajstić information content (AvgIpc) is 2.79. The Labute approximate surface area is 185 Å². The van der Waals surface area contributed by atoms with Gasteiger partial charge in [-0.25, -0.2) is 0 Å². The van der Waals surface area contributed by atoms with Crippen LogP contribution in [0.4, 0.5) is 0 Å². The summed E-state index contributed by atoms with van der Waals surface area (Å²) in [4.78, 5) is 18.2. The second-order valence-corrected chi connectivity index (χ2v) is 7.53. The van der Waals surface area contributed by atoms with Crippen molar-refractivity contribution in [2.45, 2.75) is 19.4 Å². The molecule has 2 aromatic rings. The molecule has 0 heterocycles. The van der Waals surface area contributed by atoms with E-state index in [4.69, 9.17) is 4.74 Å². The number of rotatable bonds is 11. The van der Waals surface area contributed by atoms with Crippen molar-refractivity contribution in [1.29, 1.82) is 0 Å². The molecule has 0 aliphatic heterocycles. The molecule has 0 aliphatic rings. The molecule has 0 bridgehead atoms. The molecule has 168 valence electrons. The van der Waals surface area contributed by atoms with Gasteiger partial charge in [-0.1, -0.05) is 24.3 Å². The van der Waals surface area contributed by atoms with Crippen molar-refractivity contribution < 1.29 is 9.53 Å². The number of benzene rings is 2. The smallest absolute Gasteiger partial charge is 0.251 e. The van der Waals surface area contributed by atoms with E-state index >= 15 is 0 Å². The molecule has 0 saturated carbocycles. The molecule has 0 fully saturated rings. The fourth-order valence-electron chi connectivity index (χ4n) is 3.02. The van der Waals surface area contributed by atoms with E-state index < -0.39 is 0 Å². The standard InChI is InChI=1S/C24H35N5O2/c1-25-23(30)21-8-5-7-19(17-21)13-14-27-24(26-2)28-18-20-9-11-22(12-10-20)31-16-6-15-29(3)4/h5,7-12,17H,6,13-16,18H2,1-4H3,(H,25,30)(H2,26,27,28). The molecule has 2 rings (SSSR count). The van der Waals surface area contributed by atoms with Gasteiger partial charge in [0.25, 0.3) is 5.91 Å². The van der Waals surface area contributed by atoms with Crippen LogP contribution in [0.25, 0.3) is 0 Å². The average molecular weight is 426 g/mol. The largest absolute Gasteiger partial charge is 0.494 e. The molecular weight excluding hydrogens is 390 g/mol. The van der Waals surface area contributed by atoms with Crippen molar-refractivity contribution in [1.82, 2.24) is 20.9 Å². The summed E-state index contributed by atoms with van der Waals surface area (Å²) in [6, 6.07) is 15.8. The van der Waals surface area contributed by atoms with Crippen LogP contribution in [-0.4, -0.2) is 64.7 Å². The first-order valence-electron chi connectivity index (χ1n) is 10.6. The van der Waals surface area contributed by atoms with E-state index in [2.05, 4.69) is 52.1 Å². The van der Waals surface area contributed by atoms with E-state index in [9.17, 15) is 4.79 Å². The third-order valence-electron chi connectivity index (χ3n) is 4.75. The summed E-state index contributed by atoms with van der Waals surface area (Å²) in [5.74, 6) is 1.56. The minimum Gasteiger partial charge on any atom is -0.494 e. The first kappa shape index (κ1) is 24.2. The Balaban J connectivity index is 1.73. The van der Waals surface area contributed by atoms with Gasteiger partial charge in [-0.3, -0.25) is 9.79 Å². The molecule has 0 aliphatic carbocycles. The molecule has 7 nitrogen and oxygen atoms in total. The number of amides is 1. The quantitative estimate of drug-likeness (QED) is 0.293. The zero-order chi connectivity index (χ0) is 22.5. The van der Waals surface area contributed by atoms with Crippen molar-refractivity contribution >= 4 is 11.9 Å². The van der Waals surface area contributed by atoms with Gasteiger partial charge in [-0.05, 0) is 62.3 Å². The molecule has 0 saturated heterocycles. The number of hydrogen-bond donors (Lipinski definition) is 3. The summed E-state index contributed by atoms with van der Waals surface area (Å²) in [5.41, 5.74) is 2.93. The van der Waals surface area contributed by atoms with E-state index in [0.29, 0.717) is 12.1 Å². The van der Waals surface area contributed by atoms with E-state index in [-0.39, 0.29) is 5.91 Å². The SMILES string of the molecule is CN=C(NCCc1cccc(C(=O)NC)c1)NCc1ccc(OCCCN(C)C)cc1. The van der Waals surface area contributed by atoms with Crippen LogP contribution >= 0.6 is 0 Å². The summed E-state index contributed by atoms with van der Waals surface area (Å²) in [6.07, 6.45) is 1.81. The highest BCUT2D eigenvalue weighted by atomic mass is 16.5. The lowest BCUT2D eigenvalue weighted by Gasteiger charge is -2.13. The van der Waals surface area contributed by atoms with Gasteiger partial charge >= 0.3 is 0 Å². The van der Waals surface area contributed by atoms with Crippen LogP contribution in [0.15, 0.2) is 53.5 Å². The molecule has 1 amide bonds. The second-order valence-electron chi connectivity index (χ2n) is 7.53. The summed E-state index contributed by atoms with van der Waals surface area (Å²) in [6.45, 7) is 3.13. The van der Waals surface area contributed by atoms with Crippen LogP contribution in [0, 0.1) is 0 Å². The van der Waals surface area contributed by atoms with E-state index in [1.165, 1.54) is 0 Å². The molecule has 0 atom stereocenters. The normalized spacial score (nSPS) is 11.3. The Bertz CT molecular complexity index is 834. The Morgan fingerprint density at radius 2 is 1.84 bits per heavy atom. The summed E-state index contributed by atoms with van der Waals surface area (Å²) < 4.78 is 5.78. The predicted octanol–water partition coefficient (Wildman–Crippen LogP) is 2.28. The highest BCUT2D eigenvalue weighted by Gasteiger charge is 2.04. The van der Waals surface area contributed by atoms with Crippen LogP contribution in [0.1, 0.15) is 27.9 Å². The van der Waals surface area contributed by atoms with Gasteiger partial charge in [0.1, 0.15) is 5.75 Å². The number of carbonyl (C=O) groups excluding carboxylic acids is 1. The highest BCUT2D eigenvalue weighted by Crippen LogP contribution is 2.12. The topological polar surface area (TPSA) is 78.0 Å². The number of carbonyl (C=O) groups is 1. The van der Waals surface area contributed by atoms with Gasteiger partial charge in [0, 0.05) is 39.3 Å². The van der Waals surface area contributed by atoms with Gasteiger partial charge in [0.2, 0.25) is 0 Å². The third-order valence-corrected chi connectivity index (χ3v) is 4.75. The summed E-state index contributed by atoms with van der Waals surface area (Å²) in [7, 11) is 7.52. The molecule has 2 aromatic carbocycles. The minimum absolute atomic E-state index is 0.0720. The van der Waals surface area contributed by atoms with Crippen LogP contribution in [0.3, 0.4) is 0 Å². The fourth-order valence-corrected chi connectivity index (χ4v) is 3.02. The number of ether oxygens (including phenoxy) is 1. The third kappa shape index (κ3) is 9.09. The fraction of sp³-hybridized carbons (Fsp3) is 0.417. The lowest BCUT2D eigenvalue weighted by molar-refractivity contribution is 0.0963. The molecule has 7 heteroatoms. The predicted molar refractivity (Wildman–Crippen MR) is 127 cm³/mol. The number of nitrogens with zero attached hydrogens (tertiary/aromatic N) is 2. The van der Waals surface area contributed by atoms with Crippen LogP contribution in [-0.2, 0) is 13.0 Å². The van der Waals surface area contributed by atoms with Gasteiger partial charge < -0.3 is 25.6 Å². The number of guanidine groups is 1. The number of hydrogen-bond acceptors (Lipinski definition) is 4. The summed E-state index contributed by atoms with van der Waals surface area (Å²) in [5, 5.41) is 9.29. The first-order valence-corrected chi connectivity index (χ1v) is 10.6. The van der Waals surface area contributed by atoms with Crippen molar-refractivity contribution in [2.75, 3.05) is 47.9 Å². The van der Waals surface area contributed by atoms with Crippen LogP contribution < -0.4 is 20.7 Å². The first-order chi connectivity index (χ1) is 15.0. The molecule has 0 radical (unpaired) electrons. The molecule has 0 spiro atoms. The van der Waals surface area contributed by atoms with Gasteiger partial charge in [-0.15, -0.1) is 0 Å². The van der Waals surface area contributed by atoms with Crippen molar-refractivity contribution in [3.8, 4) is 5.75 Å². The van der Waals surface area contributed by atoms with Crippen molar-refractivity contribution in [3.05, 3.63) is 65.2 Å². The Morgan fingerprint density at radius 1 is 1.06 bits per heavy atom. The van der Waals surface area contributed by atoms with Crippen LogP contribution in [0.2, 0.25) is 0 Å². The maximum atomic E-state index is 11.8. The van der Waals surface area contributed by atoms with E-state index in [1.807, 2.05) is 36.4 Å². The lowest BCUT2D eigenvalue weighted by Crippen LogP contribution is -2.37. The molecule has 0 unspecified atom stereocenters. The van der Waals surface area contributed by atoms with Crippen molar-refractivity contribution in [2.24, 2.45) is 4.99 Å².